The molecule has 0 aliphatic heterocycles. The summed E-state index contributed by atoms with van der Waals surface area (Å²) in [6, 6.07) is 10.6. The Morgan fingerprint density at radius 2 is 1.42 bits per heavy atom. The van der Waals surface area contributed by atoms with Crippen molar-refractivity contribution in [1.29, 1.82) is 0 Å². The molecule has 19 heavy (non-hydrogen) atoms. The predicted molar refractivity (Wildman–Crippen MR) is 74.4 cm³/mol. The fraction of sp³-hybridized carbons (Fsp3) is 0. The third kappa shape index (κ3) is 2.45. The van der Waals surface area contributed by atoms with Crippen LogP contribution in [0.15, 0.2) is 43.0 Å². The topological polar surface area (TPSA) is 54.4 Å². The van der Waals surface area contributed by atoms with Crippen molar-refractivity contribution in [3.8, 4) is 16.9 Å². The van der Waals surface area contributed by atoms with Crippen molar-refractivity contribution in [1.82, 2.24) is 0 Å². The van der Waals surface area contributed by atoms with Crippen LogP contribution < -0.4 is 0 Å². The standard InChI is InChI=1S/C16H12O3/c1-2-11-3-5-12(6-4-11)13-7-14(9-17)16(19)15(8-13)10-18/h2-10,19H,1H2. The molecule has 0 aliphatic carbocycles. The average molecular weight is 252 g/mol. The van der Waals surface area contributed by atoms with Gasteiger partial charge in [0.2, 0.25) is 0 Å². The predicted octanol–water partition coefficient (Wildman–Crippen LogP) is 3.33. The van der Waals surface area contributed by atoms with Crippen molar-refractivity contribution < 1.29 is 14.7 Å². The Morgan fingerprint density at radius 3 is 1.84 bits per heavy atom. The summed E-state index contributed by atoms with van der Waals surface area (Å²) in [6.45, 7) is 3.67. The maximum atomic E-state index is 10.9. The smallest absolute Gasteiger partial charge is 0.153 e. The third-order valence-corrected chi connectivity index (χ3v) is 2.90. The molecule has 2 aromatic carbocycles. The number of aldehydes is 2. The molecule has 0 radical (unpaired) electrons. The van der Waals surface area contributed by atoms with E-state index in [1.807, 2.05) is 24.3 Å². The summed E-state index contributed by atoms with van der Waals surface area (Å²) in [7, 11) is 0. The van der Waals surface area contributed by atoms with Gasteiger partial charge in [-0.1, -0.05) is 36.9 Å². The molecule has 0 saturated heterocycles. The van der Waals surface area contributed by atoms with Gasteiger partial charge in [-0.15, -0.1) is 0 Å². The first-order valence-electron chi connectivity index (χ1n) is 5.70. The third-order valence-electron chi connectivity index (χ3n) is 2.90. The molecular formula is C16H12O3. The maximum absolute atomic E-state index is 10.9. The zero-order valence-electron chi connectivity index (χ0n) is 10.2. The molecule has 0 fully saturated rings. The summed E-state index contributed by atoms with van der Waals surface area (Å²) < 4.78 is 0. The van der Waals surface area contributed by atoms with Gasteiger partial charge in [-0.3, -0.25) is 9.59 Å². The Kier molecular flexibility index (Phi) is 3.57. The fourth-order valence-electron chi connectivity index (χ4n) is 1.84. The SMILES string of the molecule is C=Cc1ccc(-c2cc(C=O)c(O)c(C=O)c2)cc1. The number of hydrogen-bond acceptors (Lipinski definition) is 3. The van der Waals surface area contributed by atoms with Gasteiger partial charge in [0.1, 0.15) is 5.75 Å². The molecule has 0 aromatic heterocycles. The minimum absolute atomic E-state index is 0.104. The van der Waals surface area contributed by atoms with Crippen LogP contribution in [0.2, 0.25) is 0 Å². The van der Waals surface area contributed by atoms with Crippen LogP contribution in [0.1, 0.15) is 26.3 Å². The summed E-state index contributed by atoms with van der Waals surface area (Å²) in [5, 5.41) is 9.67. The van der Waals surface area contributed by atoms with E-state index in [1.165, 1.54) is 0 Å². The molecular weight excluding hydrogens is 240 g/mol. The largest absolute Gasteiger partial charge is 0.506 e. The highest BCUT2D eigenvalue weighted by molar-refractivity contribution is 5.91. The van der Waals surface area contributed by atoms with E-state index >= 15 is 0 Å². The highest BCUT2D eigenvalue weighted by atomic mass is 16.3. The van der Waals surface area contributed by atoms with E-state index in [0.717, 1.165) is 11.1 Å². The van der Waals surface area contributed by atoms with E-state index in [4.69, 9.17) is 0 Å². The second-order valence-electron chi connectivity index (χ2n) is 4.07. The molecule has 0 unspecified atom stereocenters. The van der Waals surface area contributed by atoms with Crippen LogP contribution in [0.5, 0.6) is 5.75 Å². The second kappa shape index (κ2) is 5.31. The second-order valence-corrected chi connectivity index (χ2v) is 4.07. The van der Waals surface area contributed by atoms with Crippen LogP contribution in [-0.4, -0.2) is 17.7 Å². The van der Waals surface area contributed by atoms with Crippen LogP contribution in [0, 0.1) is 0 Å². The summed E-state index contributed by atoms with van der Waals surface area (Å²) in [5.74, 6) is -0.281. The van der Waals surface area contributed by atoms with E-state index < -0.39 is 0 Å². The minimum Gasteiger partial charge on any atom is -0.506 e. The van der Waals surface area contributed by atoms with E-state index in [0.29, 0.717) is 18.1 Å². The number of rotatable bonds is 4. The lowest BCUT2D eigenvalue weighted by molar-refractivity contribution is 0.112. The lowest BCUT2D eigenvalue weighted by Crippen LogP contribution is -1.91. The van der Waals surface area contributed by atoms with E-state index in [9.17, 15) is 14.7 Å². The first-order valence-corrected chi connectivity index (χ1v) is 5.70. The Hall–Kier alpha value is -2.68. The molecule has 0 spiro atoms. The van der Waals surface area contributed by atoms with Crippen molar-refractivity contribution in [2.75, 3.05) is 0 Å². The molecule has 2 rings (SSSR count). The number of aromatic hydroxyl groups is 1. The monoisotopic (exact) mass is 252 g/mol. The molecule has 1 N–H and O–H groups in total. The van der Waals surface area contributed by atoms with Crippen LogP contribution in [0.25, 0.3) is 17.2 Å². The summed E-state index contributed by atoms with van der Waals surface area (Å²) in [5.41, 5.74) is 2.75. The van der Waals surface area contributed by atoms with Crippen LogP contribution in [0.3, 0.4) is 0 Å². The Labute approximate surface area is 110 Å². The molecule has 3 nitrogen and oxygen atoms in total. The molecule has 3 heteroatoms. The molecule has 0 aliphatic rings. The number of phenolic OH excluding ortho intramolecular Hbond substituents is 1. The zero-order chi connectivity index (χ0) is 13.8. The minimum atomic E-state index is -0.281. The number of phenols is 1. The lowest BCUT2D eigenvalue weighted by Gasteiger charge is -2.07. The van der Waals surface area contributed by atoms with Crippen LogP contribution in [0.4, 0.5) is 0 Å². The first kappa shape index (κ1) is 12.8. The van der Waals surface area contributed by atoms with Gasteiger partial charge in [0, 0.05) is 0 Å². The number of hydrogen-bond donors (Lipinski definition) is 1. The van der Waals surface area contributed by atoms with Crippen LogP contribution >= 0.6 is 0 Å². The van der Waals surface area contributed by atoms with Crippen molar-refractivity contribution in [3.63, 3.8) is 0 Å². The van der Waals surface area contributed by atoms with E-state index in [2.05, 4.69) is 6.58 Å². The van der Waals surface area contributed by atoms with Gasteiger partial charge in [-0.2, -0.15) is 0 Å². The number of carbonyl (C=O) groups excluding carboxylic acids is 2. The quantitative estimate of drug-likeness (QED) is 0.849. The van der Waals surface area contributed by atoms with Gasteiger partial charge in [0.15, 0.2) is 12.6 Å². The summed E-state index contributed by atoms with van der Waals surface area (Å²) in [4.78, 5) is 21.8. The molecule has 94 valence electrons. The van der Waals surface area contributed by atoms with Crippen molar-refractivity contribution in [2.45, 2.75) is 0 Å². The summed E-state index contributed by atoms with van der Waals surface area (Å²) >= 11 is 0. The maximum Gasteiger partial charge on any atom is 0.153 e. The Bertz CT molecular complexity index is 611. The van der Waals surface area contributed by atoms with Crippen molar-refractivity contribution >= 4 is 18.6 Å². The average Bonchev–Trinajstić information content (AvgIpc) is 2.47. The highest BCUT2D eigenvalue weighted by Crippen LogP contribution is 2.28. The Balaban J connectivity index is 2.57. The van der Waals surface area contributed by atoms with Gasteiger partial charge in [0.25, 0.3) is 0 Å². The van der Waals surface area contributed by atoms with E-state index in [-0.39, 0.29) is 16.9 Å². The number of benzene rings is 2. The Morgan fingerprint density at radius 1 is 0.895 bits per heavy atom. The van der Waals surface area contributed by atoms with E-state index in [1.54, 1.807) is 18.2 Å². The van der Waals surface area contributed by atoms with Crippen molar-refractivity contribution in [3.05, 3.63) is 59.7 Å². The molecule has 0 saturated carbocycles. The molecule has 0 bridgehead atoms. The fourth-order valence-corrected chi connectivity index (χ4v) is 1.84. The lowest BCUT2D eigenvalue weighted by atomic mass is 9.98. The van der Waals surface area contributed by atoms with Gasteiger partial charge in [-0.25, -0.2) is 0 Å². The normalized spacial score (nSPS) is 9.89. The van der Waals surface area contributed by atoms with Crippen molar-refractivity contribution in [2.24, 2.45) is 0 Å². The zero-order valence-corrected chi connectivity index (χ0v) is 10.2. The van der Waals surface area contributed by atoms with Gasteiger partial charge in [0.05, 0.1) is 11.1 Å². The molecule has 2 aromatic rings. The molecule has 0 atom stereocenters. The highest BCUT2D eigenvalue weighted by Gasteiger charge is 2.10. The molecule has 0 amide bonds. The number of carbonyl (C=O) groups is 2. The van der Waals surface area contributed by atoms with Gasteiger partial charge < -0.3 is 5.11 Å². The molecule has 0 heterocycles. The van der Waals surface area contributed by atoms with Gasteiger partial charge >= 0.3 is 0 Å². The summed E-state index contributed by atoms with van der Waals surface area (Å²) in [6.07, 6.45) is 2.79. The first-order chi connectivity index (χ1) is 9.19. The van der Waals surface area contributed by atoms with Crippen LogP contribution in [-0.2, 0) is 0 Å². The van der Waals surface area contributed by atoms with Gasteiger partial charge in [-0.05, 0) is 28.8 Å².